The topological polar surface area (TPSA) is 25.2 Å². The fourth-order valence-electron chi connectivity index (χ4n) is 2.47. The Morgan fingerprint density at radius 1 is 1.36 bits per heavy atom. The SMILES string of the molecule is OCc1cc2cccc3c2n1CCC3. The van der Waals surface area contributed by atoms with Gasteiger partial charge in [0.25, 0.3) is 0 Å². The van der Waals surface area contributed by atoms with E-state index in [0.29, 0.717) is 0 Å². The third kappa shape index (κ3) is 0.946. The Morgan fingerprint density at radius 2 is 2.29 bits per heavy atom. The number of hydrogen-bond acceptors (Lipinski definition) is 1. The summed E-state index contributed by atoms with van der Waals surface area (Å²) < 4.78 is 2.26. The predicted molar refractivity (Wildman–Crippen MR) is 56.2 cm³/mol. The van der Waals surface area contributed by atoms with Crippen LogP contribution in [0.4, 0.5) is 0 Å². The Balaban J connectivity index is 2.42. The summed E-state index contributed by atoms with van der Waals surface area (Å²) in [5, 5.41) is 10.5. The van der Waals surface area contributed by atoms with E-state index in [0.717, 1.165) is 12.2 Å². The number of aromatic nitrogens is 1. The van der Waals surface area contributed by atoms with Gasteiger partial charge in [0.1, 0.15) is 0 Å². The molecule has 3 rings (SSSR count). The van der Waals surface area contributed by atoms with Gasteiger partial charge in [-0.2, -0.15) is 0 Å². The molecule has 0 saturated carbocycles. The van der Waals surface area contributed by atoms with Gasteiger partial charge in [-0.25, -0.2) is 0 Å². The van der Waals surface area contributed by atoms with Crippen molar-refractivity contribution in [2.24, 2.45) is 0 Å². The quantitative estimate of drug-likeness (QED) is 0.726. The standard InChI is InChI=1S/C12H13NO/c14-8-11-7-10-4-1-3-9-5-2-6-13(11)12(9)10/h1,3-4,7,14H,2,5-6,8H2. The third-order valence-electron chi connectivity index (χ3n) is 3.08. The van der Waals surface area contributed by atoms with Crippen LogP contribution in [0.25, 0.3) is 10.9 Å². The lowest BCUT2D eigenvalue weighted by molar-refractivity contribution is 0.270. The molecule has 0 bridgehead atoms. The normalized spacial score (nSPS) is 14.9. The van der Waals surface area contributed by atoms with Gasteiger partial charge in [0, 0.05) is 17.6 Å². The van der Waals surface area contributed by atoms with E-state index < -0.39 is 0 Å². The highest BCUT2D eigenvalue weighted by Crippen LogP contribution is 2.28. The summed E-state index contributed by atoms with van der Waals surface area (Å²) in [6.07, 6.45) is 2.36. The van der Waals surface area contributed by atoms with Gasteiger partial charge in [-0.3, -0.25) is 0 Å². The van der Waals surface area contributed by atoms with E-state index in [4.69, 9.17) is 0 Å². The van der Waals surface area contributed by atoms with E-state index in [2.05, 4.69) is 28.8 Å². The van der Waals surface area contributed by atoms with Crippen molar-refractivity contribution in [3.8, 4) is 0 Å². The molecule has 1 N–H and O–H groups in total. The molecule has 0 spiro atoms. The third-order valence-corrected chi connectivity index (χ3v) is 3.08. The van der Waals surface area contributed by atoms with Crippen molar-refractivity contribution in [2.75, 3.05) is 0 Å². The summed E-state index contributed by atoms with van der Waals surface area (Å²) in [4.78, 5) is 0. The van der Waals surface area contributed by atoms with Crippen LogP contribution in [-0.2, 0) is 19.6 Å². The zero-order valence-corrected chi connectivity index (χ0v) is 8.03. The van der Waals surface area contributed by atoms with Gasteiger partial charge in [0.05, 0.1) is 12.1 Å². The average Bonchev–Trinajstić information content (AvgIpc) is 2.60. The van der Waals surface area contributed by atoms with Crippen LogP contribution in [-0.4, -0.2) is 9.67 Å². The highest BCUT2D eigenvalue weighted by atomic mass is 16.3. The molecule has 2 aromatic rings. The second-order valence-corrected chi connectivity index (χ2v) is 3.90. The van der Waals surface area contributed by atoms with E-state index in [1.165, 1.54) is 29.3 Å². The lowest BCUT2D eigenvalue weighted by Crippen LogP contribution is -2.09. The van der Waals surface area contributed by atoms with Gasteiger partial charge in [0.15, 0.2) is 0 Å². The number of rotatable bonds is 1. The summed E-state index contributed by atoms with van der Waals surface area (Å²) in [5.41, 5.74) is 3.81. The molecule has 72 valence electrons. The van der Waals surface area contributed by atoms with Gasteiger partial charge in [0.2, 0.25) is 0 Å². The Labute approximate surface area is 82.8 Å². The molecule has 14 heavy (non-hydrogen) atoms. The van der Waals surface area contributed by atoms with Gasteiger partial charge in [-0.15, -0.1) is 0 Å². The van der Waals surface area contributed by atoms with Crippen molar-refractivity contribution >= 4 is 10.9 Å². The maximum absolute atomic E-state index is 9.24. The predicted octanol–water partition coefficient (Wildman–Crippen LogP) is 2.08. The molecule has 1 aliphatic rings. The van der Waals surface area contributed by atoms with Crippen LogP contribution < -0.4 is 0 Å². The van der Waals surface area contributed by atoms with Crippen molar-refractivity contribution in [3.05, 3.63) is 35.5 Å². The van der Waals surface area contributed by atoms with E-state index in [1.54, 1.807) is 0 Å². The van der Waals surface area contributed by atoms with E-state index in [-0.39, 0.29) is 6.61 Å². The Morgan fingerprint density at radius 3 is 3.14 bits per heavy atom. The van der Waals surface area contributed by atoms with Crippen LogP contribution in [0.2, 0.25) is 0 Å². The zero-order chi connectivity index (χ0) is 9.54. The van der Waals surface area contributed by atoms with Gasteiger partial charge >= 0.3 is 0 Å². The Hall–Kier alpha value is -1.28. The molecule has 0 aliphatic carbocycles. The first-order chi connectivity index (χ1) is 6.90. The molecule has 0 radical (unpaired) electrons. The minimum atomic E-state index is 0.147. The zero-order valence-electron chi connectivity index (χ0n) is 8.03. The second kappa shape index (κ2) is 2.85. The first kappa shape index (κ1) is 8.06. The summed E-state index contributed by atoms with van der Waals surface area (Å²) in [6, 6.07) is 8.53. The number of aryl methyl sites for hydroxylation is 2. The number of benzene rings is 1. The Kier molecular flexibility index (Phi) is 1.64. The molecule has 0 unspecified atom stereocenters. The van der Waals surface area contributed by atoms with Crippen LogP contribution in [0, 0.1) is 0 Å². The van der Waals surface area contributed by atoms with Crippen LogP contribution in [0.15, 0.2) is 24.3 Å². The molecule has 1 aromatic heterocycles. The number of aliphatic hydroxyl groups is 1. The molecule has 1 aromatic carbocycles. The summed E-state index contributed by atoms with van der Waals surface area (Å²) in [5.74, 6) is 0. The lowest BCUT2D eigenvalue weighted by Gasteiger charge is -2.17. The number of aliphatic hydroxyl groups excluding tert-OH is 1. The molecule has 1 aliphatic heterocycles. The smallest absolute Gasteiger partial charge is 0.0833 e. The highest BCUT2D eigenvalue weighted by molar-refractivity contribution is 5.85. The fraction of sp³-hybridized carbons (Fsp3) is 0.333. The van der Waals surface area contributed by atoms with Crippen LogP contribution in [0.5, 0.6) is 0 Å². The average molecular weight is 187 g/mol. The Bertz CT molecular complexity index is 484. The molecule has 2 heterocycles. The van der Waals surface area contributed by atoms with Crippen molar-refractivity contribution in [2.45, 2.75) is 26.0 Å². The maximum Gasteiger partial charge on any atom is 0.0833 e. The number of para-hydroxylation sites is 1. The molecular weight excluding hydrogens is 174 g/mol. The van der Waals surface area contributed by atoms with E-state index in [9.17, 15) is 5.11 Å². The van der Waals surface area contributed by atoms with E-state index in [1.807, 2.05) is 0 Å². The van der Waals surface area contributed by atoms with Crippen molar-refractivity contribution in [1.82, 2.24) is 4.57 Å². The van der Waals surface area contributed by atoms with E-state index >= 15 is 0 Å². The van der Waals surface area contributed by atoms with Gasteiger partial charge < -0.3 is 9.67 Å². The fourth-order valence-corrected chi connectivity index (χ4v) is 2.47. The summed E-state index contributed by atoms with van der Waals surface area (Å²) in [6.45, 7) is 1.20. The first-order valence-corrected chi connectivity index (χ1v) is 5.11. The molecule has 2 heteroatoms. The minimum Gasteiger partial charge on any atom is -0.390 e. The van der Waals surface area contributed by atoms with Crippen LogP contribution in [0.3, 0.4) is 0 Å². The number of hydrogen-bond donors (Lipinski definition) is 1. The highest BCUT2D eigenvalue weighted by Gasteiger charge is 2.14. The molecule has 0 fully saturated rings. The van der Waals surface area contributed by atoms with Crippen molar-refractivity contribution < 1.29 is 5.11 Å². The molecule has 0 amide bonds. The van der Waals surface area contributed by atoms with Gasteiger partial charge in [-0.05, 0) is 24.5 Å². The monoisotopic (exact) mass is 187 g/mol. The number of nitrogens with zero attached hydrogens (tertiary/aromatic N) is 1. The first-order valence-electron chi connectivity index (χ1n) is 5.11. The molecular formula is C12H13NO. The van der Waals surface area contributed by atoms with Crippen LogP contribution in [0.1, 0.15) is 17.7 Å². The van der Waals surface area contributed by atoms with Crippen molar-refractivity contribution in [3.63, 3.8) is 0 Å². The molecule has 0 atom stereocenters. The summed E-state index contributed by atoms with van der Waals surface area (Å²) >= 11 is 0. The maximum atomic E-state index is 9.24. The minimum absolute atomic E-state index is 0.147. The second-order valence-electron chi connectivity index (χ2n) is 3.90. The molecule has 0 saturated heterocycles. The van der Waals surface area contributed by atoms with Crippen LogP contribution >= 0.6 is 0 Å². The van der Waals surface area contributed by atoms with Crippen molar-refractivity contribution in [1.29, 1.82) is 0 Å². The largest absolute Gasteiger partial charge is 0.390 e. The molecule has 2 nitrogen and oxygen atoms in total. The lowest BCUT2D eigenvalue weighted by atomic mass is 10.0. The van der Waals surface area contributed by atoms with Gasteiger partial charge in [-0.1, -0.05) is 18.2 Å². The summed E-state index contributed by atoms with van der Waals surface area (Å²) in [7, 11) is 0.